The minimum Gasteiger partial charge on any atom is -0.872 e. The zero-order valence-corrected chi connectivity index (χ0v) is 14.5. The van der Waals surface area contributed by atoms with Gasteiger partial charge in [-0.2, -0.15) is 10.1 Å². The molecule has 7 heteroatoms. The van der Waals surface area contributed by atoms with Crippen molar-refractivity contribution in [3.63, 3.8) is 0 Å². The number of hydrogen-bond donors (Lipinski definition) is 1. The Balaban J connectivity index is 1.57. The van der Waals surface area contributed by atoms with Crippen molar-refractivity contribution >= 4 is 44.9 Å². The van der Waals surface area contributed by atoms with Crippen LogP contribution >= 0.6 is 23.1 Å². The number of hydrazone groups is 1. The summed E-state index contributed by atoms with van der Waals surface area (Å²) in [5.74, 6) is -0.0742. The van der Waals surface area contributed by atoms with Gasteiger partial charge in [0.1, 0.15) is 4.70 Å². The van der Waals surface area contributed by atoms with Crippen molar-refractivity contribution in [1.29, 1.82) is 0 Å². The number of carbonyl (C=O) groups excluding carboxylic acids is 1. The molecule has 0 radical (unpaired) electrons. The topological polar surface area (TPSA) is 78.7 Å². The number of thiazole rings is 1. The molecular formula is C17H15N3O2S2. The summed E-state index contributed by atoms with van der Waals surface area (Å²) in [6, 6.07) is 14.6. The molecule has 2 N–H and O–H groups in total. The molecule has 1 heterocycles. The van der Waals surface area contributed by atoms with E-state index < -0.39 is 0 Å². The van der Waals surface area contributed by atoms with Gasteiger partial charge in [0.25, 0.3) is 10.2 Å². The number of hydrogen-bond acceptors (Lipinski definition) is 5. The summed E-state index contributed by atoms with van der Waals surface area (Å²) in [5.41, 5.74) is 4.54. The van der Waals surface area contributed by atoms with E-state index in [0.717, 1.165) is 14.6 Å². The second kappa shape index (κ2) is 7.46. The Kier molecular flexibility index (Phi) is 5.12. The lowest BCUT2D eigenvalue weighted by Gasteiger charge is -2.12. The van der Waals surface area contributed by atoms with Crippen LogP contribution in [-0.4, -0.2) is 17.4 Å². The van der Waals surface area contributed by atoms with Gasteiger partial charge in [0.15, 0.2) is 0 Å². The molecule has 0 spiro atoms. The molecule has 0 unspecified atom stereocenters. The van der Waals surface area contributed by atoms with Crippen LogP contribution in [0.3, 0.4) is 0 Å². The third kappa shape index (κ3) is 3.93. The normalized spacial score (nSPS) is 11.6. The first-order chi connectivity index (χ1) is 11.6. The largest absolute Gasteiger partial charge is 0.872 e. The van der Waals surface area contributed by atoms with Gasteiger partial charge in [-0.25, -0.2) is 5.43 Å². The molecule has 5 nitrogen and oxygen atoms in total. The number of nitrogens with zero attached hydrogens (tertiary/aromatic N) is 1. The van der Waals surface area contributed by atoms with Gasteiger partial charge < -0.3 is 5.11 Å². The highest BCUT2D eigenvalue weighted by atomic mass is 32.2. The molecule has 0 aliphatic rings. The predicted molar refractivity (Wildman–Crippen MR) is 95.3 cm³/mol. The van der Waals surface area contributed by atoms with Crippen molar-refractivity contribution in [1.82, 2.24) is 5.43 Å². The number of para-hydroxylation sites is 2. The van der Waals surface area contributed by atoms with Gasteiger partial charge in [0.2, 0.25) is 5.52 Å². The SMILES string of the molecule is C/C(=N\NC(=O)CSc1[nH+]c2ccccc2s1)c1ccccc1[O-]. The summed E-state index contributed by atoms with van der Waals surface area (Å²) in [4.78, 5) is 15.2. The second-order valence-electron chi connectivity index (χ2n) is 5.03. The summed E-state index contributed by atoms with van der Waals surface area (Å²) in [6.07, 6.45) is 0. The number of H-pyrrole nitrogens is 1. The fourth-order valence-corrected chi connectivity index (χ4v) is 4.02. The number of rotatable bonds is 5. The Morgan fingerprint density at radius 3 is 2.79 bits per heavy atom. The molecular weight excluding hydrogens is 342 g/mol. The molecule has 1 aromatic heterocycles. The highest BCUT2D eigenvalue weighted by molar-refractivity contribution is 8.01. The van der Waals surface area contributed by atoms with Gasteiger partial charge in [-0.3, -0.25) is 4.79 Å². The third-order valence-corrected chi connectivity index (χ3v) is 5.52. The molecule has 0 atom stereocenters. The molecule has 122 valence electrons. The minimum absolute atomic E-state index is 0.109. The number of aromatic nitrogens is 1. The van der Waals surface area contributed by atoms with Gasteiger partial charge >= 0.3 is 0 Å². The zero-order valence-electron chi connectivity index (χ0n) is 12.9. The zero-order chi connectivity index (χ0) is 16.9. The van der Waals surface area contributed by atoms with E-state index in [4.69, 9.17) is 0 Å². The first kappa shape index (κ1) is 16.5. The van der Waals surface area contributed by atoms with Crippen LogP contribution in [0, 0.1) is 0 Å². The standard InChI is InChI=1S/C17H15N3O2S2/c1-11(12-6-2-4-8-14(12)21)19-20-16(22)10-23-17-18-13-7-3-5-9-15(13)24-17/h2-9,21H,10H2,1H3,(H,20,22)/b19-11+. The summed E-state index contributed by atoms with van der Waals surface area (Å²) in [7, 11) is 0. The maximum absolute atomic E-state index is 11.9. The van der Waals surface area contributed by atoms with E-state index in [0.29, 0.717) is 11.3 Å². The fourth-order valence-electron chi connectivity index (χ4n) is 2.10. The molecule has 3 rings (SSSR count). The van der Waals surface area contributed by atoms with Crippen molar-refractivity contribution in [2.75, 3.05) is 5.75 Å². The average molecular weight is 357 g/mol. The van der Waals surface area contributed by atoms with Crippen LogP contribution in [0.5, 0.6) is 5.75 Å². The Morgan fingerprint density at radius 1 is 1.25 bits per heavy atom. The summed E-state index contributed by atoms with van der Waals surface area (Å²) in [5, 5.41) is 15.7. The Bertz CT molecular complexity index is 872. The van der Waals surface area contributed by atoms with E-state index in [1.165, 1.54) is 17.8 Å². The molecule has 24 heavy (non-hydrogen) atoms. The Morgan fingerprint density at radius 2 is 2.00 bits per heavy atom. The van der Waals surface area contributed by atoms with E-state index in [1.54, 1.807) is 36.5 Å². The van der Waals surface area contributed by atoms with Gasteiger partial charge in [-0.05, 0) is 30.3 Å². The highest BCUT2D eigenvalue weighted by Gasteiger charge is 2.13. The van der Waals surface area contributed by atoms with E-state index in [1.807, 2.05) is 24.3 Å². The maximum Gasteiger partial charge on any atom is 0.297 e. The van der Waals surface area contributed by atoms with Gasteiger partial charge in [-0.15, -0.1) is 0 Å². The highest BCUT2D eigenvalue weighted by Crippen LogP contribution is 2.25. The number of amides is 1. The van der Waals surface area contributed by atoms with Gasteiger partial charge in [0.05, 0.1) is 11.5 Å². The second-order valence-corrected chi connectivity index (χ2v) is 7.32. The lowest BCUT2D eigenvalue weighted by molar-refractivity contribution is -0.385. The Labute approximate surface area is 147 Å². The summed E-state index contributed by atoms with van der Waals surface area (Å²) < 4.78 is 2.12. The third-order valence-electron chi connectivity index (χ3n) is 3.29. The van der Waals surface area contributed by atoms with Crippen molar-refractivity contribution in [2.24, 2.45) is 5.10 Å². The lowest BCUT2D eigenvalue weighted by Crippen LogP contribution is -2.21. The van der Waals surface area contributed by atoms with Gasteiger partial charge in [0, 0.05) is 6.07 Å². The van der Waals surface area contributed by atoms with E-state index in [2.05, 4.69) is 15.5 Å². The number of thioether (sulfide) groups is 1. The molecule has 3 aromatic rings. The first-order valence-electron chi connectivity index (χ1n) is 7.26. The van der Waals surface area contributed by atoms with Crippen LogP contribution in [0.15, 0.2) is 58.0 Å². The number of nitrogens with one attached hydrogen (secondary N) is 2. The molecule has 0 saturated heterocycles. The predicted octanol–water partition coefficient (Wildman–Crippen LogP) is 2.42. The smallest absolute Gasteiger partial charge is 0.297 e. The molecule has 0 fully saturated rings. The first-order valence-corrected chi connectivity index (χ1v) is 9.07. The molecule has 0 bridgehead atoms. The summed E-state index contributed by atoms with van der Waals surface area (Å²) >= 11 is 3.04. The monoisotopic (exact) mass is 357 g/mol. The molecule has 0 aliphatic carbocycles. The molecule has 0 saturated carbocycles. The van der Waals surface area contributed by atoms with Crippen molar-refractivity contribution in [2.45, 2.75) is 11.3 Å². The van der Waals surface area contributed by atoms with Crippen LogP contribution in [0.2, 0.25) is 0 Å². The Hall–Kier alpha value is -2.38. The van der Waals surface area contributed by atoms with Crippen molar-refractivity contribution in [3.8, 4) is 5.75 Å². The molecule has 2 aromatic carbocycles. The van der Waals surface area contributed by atoms with Crippen LogP contribution < -0.4 is 15.5 Å². The summed E-state index contributed by atoms with van der Waals surface area (Å²) in [6.45, 7) is 1.70. The van der Waals surface area contributed by atoms with Crippen molar-refractivity contribution < 1.29 is 14.9 Å². The van der Waals surface area contributed by atoms with E-state index >= 15 is 0 Å². The minimum atomic E-state index is -0.214. The van der Waals surface area contributed by atoms with Crippen LogP contribution in [0.4, 0.5) is 0 Å². The van der Waals surface area contributed by atoms with Crippen LogP contribution in [-0.2, 0) is 4.79 Å². The lowest BCUT2D eigenvalue weighted by atomic mass is 10.1. The average Bonchev–Trinajstić information content (AvgIpc) is 3.01. The number of aromatic amines is 1. The molecule has 1 amide bonds. The fraction of sp³-hybridized carbons (Fsp3) is 0.118. The maximum atomic E-state index is 11.9. The van der Waals surface area contributed by atoms with E-state index in [9.17, 15) is 9.90 Å². The van der Waals surface area contributed by atoms with Gasteiger partial charge in [-0.1, -0.05) is 53.5 Å². The van der Waals surface area contributed by atoms with Crippen LogP contribution in [0.25, 0.3) is 10.2 Å². The number of benzene rings is 2. The van der Waals surface area contributed by atoms with Crippen LogP contribution in [0.1, 0.15) is 12.5 Å². The quantitative estimate of drug-likeness (QED) is 0.433. The van der Waals surface area contributed by atoms with Crippen molar-refractivity contribution in [3.05, 3.63) is 54.1 Å². The number of fused-ring (bicyclic) bond motifs is 1. The number of carbonyl (C=O) groups is 1. The molecule has 0 aliphatic heterocycles. The van der Waals surface area contributed by atoms with E-state index in [-0.39, 0.29) is 17.4 Å².